The molecule has 1 aliphatic rings. The molecule has 0 aliphatic carbocycles. The Bertz CT molecular complexity index is 967. The van der Waals surface area contributed by atoms with Gasteiger partial charge in [-0.05, 0) is 35.9 Å². The highest BCUT2D eigenvalue weighted by molar-refractivity contribution is 5.94. The zero-order valence-corrected chi connectivity index (χ0v) is 15.8. The van der Waals surface area contributed by atoms with E-state index in [1.807, 2.05) is 18.2 Å². The van der Waals surface area contributed by atoms with Crippen molar-refractivity contribution in [3.05, 3.63) is 78.3 Å². The molecule has 4 rings (SSSR count). The van der Waals surface area contributed by atoms with E-state index in [1.54, 1.807) is 46.6 Å². The Kier molecular flexibility index (Phi) is 5.51. The lowest BCUT2D eigenvalue weighted by molar-refractivity contribution is 0.0515. The number of pyridine rings is 2. The monoisotopic (exact) mass is 391 g/mol. The van der Waals surface area contributed by atoms with Gasteiger partial charge in [0.15, 0.2) is 5.76 Å². The van der Waals surface area contributed by atoms with Gasteiger partial charge in [0.2, 0.25) is 0 Å². The molecule has 0 spiro atoms. The van der Waals surface area contributed by atoms with Crippen LogP contribution in [0.1, 0.15) is 26.6 Å². The first kappa shape index (κ1) is 18.7. The van der Waals surface area contributed by atoms with Crippen LogP contribution in [0.4, 0.5) is 5.69 Å². The number of hydrogen-bond acceptors (Lipinski definition) is 6. The topological polar surface area (TPSA) is 91.6 Å². The molecule has 1 fully saturated rings. The van der Waals surface area contributed by atoms with Gasteiger partial charge >= 0.3 is 0 Å². The van der Waals surface area contributed by atoms with Crippen LogP contribution in [0.15, 0.2) is 65.7 Å². The van der Waals surface area contributed by atoms with Crippen molar-refractivity contribution in [1.29, 1.82) is 0 Å². The molecule has 1 aliphatic heterocycles. The van der Waals surface area contributed by atoms with E-state index in [9.17, 15) is 9.59 Å². The maximum atomic E-state index is 12.8. The largest absolute Gasteiger partial charge is 0.459 e. The second kappa shape index (κ2) is 8.55. The number of anilines is 1. The molecular formula is C21H21N5O3. The molecule has 0 unspecified atom stereocenters. The third-order valence-electron chi connectivity index (χ3n) is 4.78. The normalized spacial score (nSPS) is 13.9. The Labute approximate surface area is 168 Å². The van der Waals surface area contributed by atoms with Crippen LogP contribution < -0.4 is 5.32 Å². The Morgan fingerprint density at radius 2 is 1.79 bits per heavy atom. The molecule has 1 N–H and O–H groups in total. The predicted octanol–water partition coefficient (Wildman–Crippen LogP) is 2.28. The molecule has 3 aromatic rings. The lowest BCUT2D eigenvalue weighted by atomic mass is 10.2. The van der Waals surface area contributed by atoms with E-state index in [2.05, 4.69) is 15.3 Å². The Morgan fingerprint density at radius 1 is 1.00 bits per heavy atom. The minimum Gasteiger partial charge on any atom is -0.459 e. The maximum absolute atomic E-state index is 12.8. The van der Waals surface area contributed by atoms with Gasteiger partial charge in [-0.3, -0.25) is 19.6 Å². The molecule has 0 saturated carbocycles. The van der Waals surface area contributed by atoms with E-state index in [-0.39, 0.29) is 11.8 Å². The Morgan fingerprint density at radius 3 is 2.48 bits per heavy atom. The van der Waals surface area contributed by atoms with E-state index in [0.29, 0.717) is 44.2 Å². The van der Waals surface area contributed by atoms with Crippen molar-refractivity contribution in [3.8, 4) is 0 Å². The smallest absolute Gasteiger partial charge is 0.289 e. The molecule has 3 aromatic heterocycles. The van der Waals surface area contributed by atoms with Gasteiger partial charge in [-0.25, -0.2) is 0 Å². The number of furan rings is 1. The average molecular weight is 391 g/mol. The summed E-state index contributed by atoms with van der Waals surface area (Å²) in [7, 11) is 0. The van der Waals surface area contributed by atoms with Crippen molar-refractivity contribution in [2.45, 2.75) is 6.54 Å². The minimum atomic E-state index is -0.151. The van der Waals surface area contributed by atoms with Crippen LogP contribution in [0.25, 0.3) is 0 Å². The summed E-state index contributed by atoms with van der Waals surface area (Å²) in [6.45, 7) is 2.45. The number of hydrogen-bond donors (Lipinski definition) is 1. The van der Waals surface area contributed by atoms with Gasteiger partial charge in [-0.15, -0.1) is 0 Å². The number of aromatic nitrogens is 2. The molecule has 29 heavy (non-hydrogen) atoms. The molecule has 4 heterocycles. The van der Waals surface area contributed by atoms with Gasteiger partial charge in [0, 0.05) is 57.0 Å². The molecular weight excluding hydrogens is 370 g/mol. The minimum absolute atomic E-state index is 0.139. The van der Waals surface area contributed by atoms with E-state index in [1.165, 1.54) is 6.26 Å². The fraction of sp³-hybridized carbons (Fsp3) is 0.238. The fourth-order valence-corrected chi connectivity index (χ4v) is 3.19. The van der Waals surface area contributed by atoms with Gasteiger partial charge in [0.05, 0.1) is 6.26 Å². The number of nitrogens with zero attached hydrogens (tertiary/aromatic N) is 4. The molecule has 2 amide bonds. The predicted molar refractivity (Wildman–Crippen MR) is 106 cm³/mol. The highest BCUT2D eigenvalue weighted by Gasteiger charge is 2.27. The SMILES string of the molecule is O=C(c1cc(NCc2cccnc2)ccn1)N1CCN(C(=O)c2ccco2)CC1. The number of nitrogens with one attached hydrogen (secondary N) is 1. The zero-order valence-electron chi connectivity index (χ0n) is 15.8. The highest BCUT2D eigenvalue weighted by atomic mass is 16.3. The summed E-state index contributed by atoms with van der Waals surface area (Å²) in [5, 5.41) is 3.28. The van der Waals surface area contributed by atoms with E-state index in [0.717, 1.165) is 11.3 Å². The first-order valence-corrected chi connectivity index (χ1v) is 9.41. The van der Waals surface area contributed by atoms with Gasteiger partial charge < -0.3 is 19.5 Å². The van der Waals surface area contributed by atoms with Gasteiger partial charge in [-0.1, -0.05) is 6.07 Å². The molecule has 0 aromatic carbocycles. The maximum Gasteiger partial charge on any atom is 0.289 e. The zero-order chi connectivity index (χ0) is 20.1. The Hall–Kier alpha value is -3.68. The lowest BCUT2D eigenvalue weighted by Gasteiger charge is -2.34. The first-order chi connectivity index (χ1) is 14.2. The van der Waals surface area contributed by atoms with Crippen molar-refractivity contribution in [2.75, 3.05) is 31.5 Å². The summed E-state index contributed by atoms with van der Waals surface area (Å²) in [5.74, 6) is 0.0285. The van der Waals surface area contributed by atoms with Crippen molar-refractivity contribution < 1.29 is 14.0 Å². The van der Waals surface area contributed by atoms with Crippen molar-refractivity contribution in [1.82, 2.24) is 19.8 Å². The summed E-state index contributed by atoms with van der Waals surface area (Å²) in [6.07, 6.45) is 6.63. The number of carbonyl (C=O) groups is 2. The van der Waals surface area contributed by atoms with Crippen LogP contribution in [0, 0.1) is 0 Å². The van der Waals surface area contributed by atoms with Crippen LogP contribution in [-0.4, -0.2) is 57.8 Å². The third kappa shape index (κ3) is 4.43. The Balaban J connectivity index is 1.34. The molecule has 148 valence electrons. The molecule has 8 nitrogen and oxygen atoms in total. The highest BCUT2D eigenvalue weighted by Crippen LogP contribution is 2.14. The summed E-state index contributed by atoms with van der Waals surface area (Å²) in [5.41, 5.74) is 2.25. The molecule has 0 radical (unpaired) electrons. The number of rotatable bonds is 5. The van der Waals surface area contributed by atoms with Crippen molar-refractivity contribution in [3.63, 3.8) is 0 Å². The second-order valence-electron chi connectivity index (χ2n) is 6.71. The number of amides is 2. The van der Waals surface area contributed by atoms with Crippen LogP contribution in [0.2, 0.25) is 0 Å². The van der Waals surface area contributed by atoms with Gasteiger partial charge in [0.25, 0.3) is 11.8 Å². The van der Waals surface area contributed by atoms with Crippen LogP contribution in [0.5, 0.6) is 0 Å². The van der Waals surface area contributed by atoms with Gasteiger partial charge in [-0.2, -0.15) is 0 Å². The van der Waals surface area contributed by atoms with E-state index >= 15 is 0 Å². The van der Waals surface area contributed by atoms with Crippen LogP contribution >= 0.6 is 0 Å². The molecule has 8 heteroatoms. The summed E-state index contributed by atoms with van der Waals surface area (Å²) in [6, 6.07) is 10.8. The van der Waals surface area contributed by atoms with Crippen molar-refractivity contribution in [2.24, 2.45) is 0 Å². The number of carbonyl (C=O) groups excluding carboxylic acids is 2. The quantitative estimate of drug-likeness (QED) is 0.717. The van der Waals surface area contributed by atoms with Crippen molar-refractivity contribution >= 4 is 17.5 Å². The number of piperazine rings is 1. The third-order valence-corrected chi connectivity index (χ3v) is 4.78. The van der Waals surface area contributed by atoms with Gasteiger partial charge in [0.1, 0.15) is 5.69 Å². The molecule has 0 atom stereocenters. The second-order valence-corrected chi connectivity index (χ2v) is 6.71. The first-order valence-electron chi connectivity index (χ1n) is 9.41. The fourth-order valence-electron chi connectivity index (χ4n) is 3.19. The molecule has 0 bridgehead atoms. The average Bonchev–Trinajstić information content (AvgIpc) is 3.33. The van der Waals surface area contributed by atoms with Crippen LogP contribution in [0.3, 0.4) is 0 Å². The van der Waals surface area contributed by atoms with Crippen LogP contribution in [-0.2, 0) is 6.54 Å². The summed E-state index contributed by atoms with van der Waals surface area (Å²) >= 11 is 0. The summed E-state index contributed by atoms with van der Waals surface area (Å²) in [4.78, 5) is 36.9. The van der Waals surface area contributed by atoms with E-state index in [4.69, 9.17) is 4.42 Å². The lowest BCUT2D eigenvalue weighted by Crippen LogP contribution is -2.50. The summed E-state index contributed by atoms with van der Waals surface area (Å²) < 4.78 is 5.17. The standard InChI is InChI=1S/C21H21N5O3/c27-20(25-8-10-26(11-9-25)21(28)19-4-2-12-29-19)18-13-17(5-7-23-18)24-15-16-3-1-6-22-14-16/h1-7,12-14H,8-11,15H2,(H,23,24). The molecule has 1 saturated heterocycles. The van der Waals surface area contributed by atoms with E-state index < -0.39 is 0 Å².